The van der Waals surface area contributed by atoms with E-state index >= 15 is 0 Å². The second kappa shape index (κ2) is 7.01. The molecule has 0 radical (unpaired) electrons. The second-order valence-corrected chi connectivity index (χ2v) is 5.36. The topological polar surface area (TPSA) is 88.4 Å². The summed E-state index contributed by atoms with van der Waals surface area (Å²) >= 11 is 0. The van der Waals surface area contributed by atoms with Gasteiger partial charge in [-0.25, -0.2) is 4.39 Å². The normalized spacial score (nSPS) is 13.0. The molecule has 0 saturated carbocycles. The minimum absolute atomic E-state index is 0.0800. The molecule has 0 fully saturated rings. The zero-order valence-electron chi connectivity index (χ0n) is 13.0. The molecule has 1 atom stereocenters. The highest BCUT2D eigenvalue weighted by molar-refractivity contribution is 6.09. The molecule has 126 valence electrons. The summed E-state index contributed by atoms with van der Waals surface area (Å²) in [6, 6.07) is 12.2. The van der Waals surface area contributed by atoms with E-state index in [1.54, 1.807) is 24.3 Å². The highest BCUT2D eigenvalue weighted by atomic mass is 19.1. The molecule has 6 nitrogen and oxygen atoms in total. The average molecular weight is 340 g/mol. The molecular weight excluding hydrogens is 327 g/mol. The third kappa shape index (κ3) is 3.58. The Hall–Kier alpha value is -3.40. The largest absolute Gasteiger partial charge is 0.454 e. The SMILES string of the molecule is N#C[C@H](C(=O)Cc1ccc2c(c1)OCO2)C(=O)Nc1ccccc1F. The number of nitrogens with one attached hydrogen (secondary N) is 1. The Kier molecular flexibility index (Phi) is 4.61. The van der Waals surface area contributed by atoms with Gasteiger partial charge in [0.2, 0.25) is 12.7 Å². The van der Waals surface area contributed by atoms with Crippen molar-refractivity contribution >= 4 is 17.4 Å². The maximum absolute atomic E-state index is 13.6. The molecule has 1 aliphatic rings. The summed E-state index contributed by atoms with van der Waals surface area (Å²) in [6.07, 6.45) is -0.125. The molecule has 2 aromatic carbocycles. The maximum atomic E-state index is 13.6. The number of ketones is 1. The first kappa shape index (κ1) is 16.5. The van der Waals surface area contributed by atoms with Crippen molar-refractivity contribution in [1.29, 1.82) is 5.26 Å². The smallest absolute Gasteiger partial charge is 0.249 e. The van der Waals surface area contributed by atoms with E-state index in [-0.39, 0.29) is 18.9 Å². The molecule has 0 spiro atoms. The number of nitriles is 1. The fourth-order valence-electron chi connectivity index (χ4n) is 2.40. The Morgan fingerprint density at radius 1 is 1.20 bits per heavy atom. The number of hydrogen-bond donors (Lipinski definition) is 1. The molecule has 3 rings (SSSR count). The van der Waals surface area contributed by atoms with Crippen molar-refractivity contribution in [2.75, 3.05) is 12.1 Å². The van der Waals surface area contributed by atoms with E-state index in [9.17, 15) is 19.2 Å². The van der Waals surface area contributed by atoms with Gasteiger partial charge in [-0.05, 0) is 29.8 Å². The predicted octanol–water partition coefficient (Wildman–Crippen LogP) is 2.44. The Balaban J connectivity index is 1.70. The molecule has 2 aromatic rings. The van der Waals surface area contributed by atoms with Gasteiger partial charge >= 0.3 is 0 Å². The first-order chi connectivity index (χ1) is 12.1. The average Bonchev–Trinajstić information content (AvgIpc) is 3.05. The van der Waals surface area contributed by atoms with Gasteiger partial charge in [0.1, 0.15) is 5.82 Å². The standard InChI is InChI=1S/C18H13FN2O4/c19-13-3-1-2-4-14(13)21-18(23)12(9-20)15(22)7-11-5-6-16-17(8-11)25-10-24-16/h1-6,8,12H,7,10H2,(H,21,23)/t12-/m1/s1. The minimum Gasteiger partial charge on any atom is -0.454 e. The maximum Gasteiger partial charge on any atom is 0.249 e. The predicted molar refractivity (Wildman–Crippen MR) is 85.4 cm³/mol. The van der Waals surface area contributed by atoms with Crippen molar-refractivity contribution in [2.45, 2.75) is 6.42 Å². The van der Waals surface area contributed by atoms with E-state index in [1.807, 2.05) is 0 Å². The number of Topliss-reactive ketones (excluding diaryl/α,β-unsaturated/α-hetero) is 1. The number of fused-ring (bicyclic) bond motifs is 1. The molecule has 0 bridgehead atoms. The van der Waals surface area contributed by atoms with E-state index in [0.29, 0.717) is 17.1 Å². The zero-order valence-corrected chi connectivity index (χ0v) is 13.0. The Morgan fingerprint density at radius 2 is 1.96 bits per heavy atom. The van der Waals surface area contributed by atoms with Gasteiger partial charge in [-0.1, -0.05) is 18.2 Å². The molecule has 25 heavy (non-hydrogen) atoms. The van der Waals surface area contributed by atoms with Crippen LogP contribution in [0.15, 0.2) is 42.5 Å². The summed E-state index contributed by atoms with van der Waals surface area (Å²) in [5.74, 6) is -2.55. The number of nitrogens with zero attached hydrogens (tertiary/aromatic N) is 1. The number of carbonyl (C=O) groups is 2. The van der Waals surface area contributed by atoms with Crippen LogP contribution in [0.1, 0.15) is 5.56 Å². The van der Waals surface area contributed by atoms with Crippen LogP contribution in [-0.4, -0.2) is 18.5 Å². The fraction of sp³-hybridized carbons (Fsp3) is 0.167. The highest BCUT2D eigenvalue weighted by Gasteiger charge is 2.27. The van der Waals surface area contributed by atoms with Crippen LogP contribution in [0.25, 0.3) is 0 Å². The number of halogens is 1. The molecule has 1 N–H and O–H groups in total. The summed E-state index contributed by atoms with van der Waals surface area (Å²) in [7, 11) is 0. The third-order valence-electron chi connectivity index (χ3n) is 3.66. The second-order valence-electron chi connectivity index (χ2n) is 5.36. The van der Waals surface area contributed by atoms with Crippen LogP contribution >= 0.6 is 0 Å². The van der Waals surface area contributed by atoms with E-state index in [1.165, 1.54) is 24.3 Å². The summed E-state index contributed by atoms with van der Waals surface area (Å²) in [6.45, 7) is 0.110. The van der Waals surface area contributed by atoms with Crippen molar-refractivity contribution in [1.82, 2.24) is 0 Å². The summed E-state index contributed by atoms with van der Waals surface area (Å²) in [5, 5.41) is 11.4. The monoisotopic (exact) mass is 340 g/mol. The third-order valence-corrected chi connectivity index (χ3v) is 3.66. The number of carbonyl (C=O) groups excluding carboxylic acids is 2. The lowest BCUT2D eigenvalue weighted by atomic mass is 9.98. The van der Waals surface area contributed by atoms with Gasteiger partial charge in [0, 0.05) is 6.42 Å². The van der Waals surface area contributed by atoms with E-state index in [0.717, 1.165) is 0 Å². The van der Waals surface area contributed by atoms with Gasteiger partial charge in [0.05, 0.1) is 11.8 Å². The molecule has 0 aromatic heterocycles. The number of amides is 1. The molecular formula is C18H13FN2O4. The lowest BCUT2D eigenvalue weighted by Gasteiger charge is -2.10. The molecule has 0 saturated heterocycles. The van der Waals surface area contributed by atoms with Crippen molar-refractivity contribution in [3.8, 4) is 17.6 Å². The van der Waals surface area contributed by atoms with E-state index in [2.05, 4.69) is 5.32 Å². The van der Waals surface area contributed by atoms with Crippen LogP contribution in [0.4, 0.5) is 10.1 Å². The molecule has 0 aliphatic carbocycles. The van der Waals surface area contributed by atoms with Gasteiger partial charge in [-0.2, -0.15) is 5.26 Å². The summed E-state index contributed by atoms with van der Waals surface area (Å²) in [5.41, 5.74) is 0.511. The van der Waals surface area contributed by atoms with E-state index in [4.69, 9.17) is 9.47 Å². The van der Waals surface area contributed by atoms with Gasteiger partial charge in [0.25, 0.3) is 0 Å². The van der Waals surface area contributed by atoms with E-state index < -0.39 is 23.4 Å². The van der Waals surface area contributed by atoms with Crippen LogP contribution in [-0.2, 0) is 16.0 Å². The van der Waals surface area contributed by atoms with Gasteiger partial charge in [0.15, 0.2) is 23.2 Å². The first-order valence-electron chi connectivity index (χ1n) is 7.44. The van der Waals surface area contributed by atoms with Crippen LogP contribution in [0.2, 0.25) is 0 Å². The Labute approximate surface area is 142 Å². The van der Waals surface area contributed by atoms with Crippen LogP contribution < -0.4 is 14.8 Å². The molecule has 7 heteroatoms. The Morgan fingerprint density at radius 3 is 2.72 bits per heavy atom. The van der Waals surface area contributed by atoms with Gasteiger partial charge in [-0.15, -0.1) is 0 Å². The van der Waals surface area contributed by atoms with Crippen molar-refractivity contribution in [2.24, 2.45) is 5.92 Å². The van der Waals surface area contributed by atoms with Crippen molar-refractivity contribution in [3.05, 3.63) is 53.8 Å². The molecule has 0 unspecified atom stereocenters. The quantitative estimate of drug-likeness (QED) is 0.845. The number of ether oxygens (including phenoxy) is 2. The fourth-order valence-corrected chi connectivity index (χ4v) is 2.40. The minimum atomic E-state index is -1.54. The zero-order chi connectivity index (χ0) is 17.8. The summed E-state index contributed by atoms with van der Waals surface area (Å²) < 4.78 is 24.0. The lowest BCUT2D eigenvalue weighted by Crippen LogP contribution is -2.30. The molecule has 1 aliphatic heterocycles. The van der Waals surface area contributed by atoms with Crippen molar-refractivity contribution in [3.63, 3.8) is 0 Å². The number of benzene rings is 2. The summed E-state index contributed by atoms with van der Waals surface area (Å²) in [4.78, 5) is 24.5. The number of para-hydroxylation sites is 1. The Bertz CT molecular complexity index is 876. The van der Waals surface area contributed by atoms with Gasteiger partial charge in [-0.3, -0.25) is 9.59 Å². The number of rotatable bonds is 5. The lowest BCUT2D eigenvalue weighted by molar-refractivity contribution is -0.128. The van der Waals surface area contributed by atoms with Crippen LogP contribution in [0, 0.1) is 23.1 Å². The number of anilines is 1. The van der Waals surface area contributed by atoms with Gasteiger partial charge < -0.3 is 14.8 Å². The highest BCUT2D eigenvalue weighted by Crippen LogP contribution is 2.32. The number of hydrogen-bond acceptors (Lipinski definition) is 5. The van der Waals surface area contributed by atoms with Crippen LogP contribution in [0.5, 0.6) is 11.5 Å². The molecule has 1 heterocycles. The van der Waals surface area contributed by atoms with Crippen molar-refractivity contribution < 1.29 is 23.5 Å². The molecule has 1 amide bonds. The first-order valence-corrected chi connectivity index (χ1v) is 7.44. The van der Waals surface area contributed by atoms with Crippen LogP contribution in [0.3, 0.4) is 0 Å².